The summed E-state index contributed by atoms with van der Waals surface area (Å²) in [5.74, 6) is -0.860. The van der Waals surface area contributed by atoms with E-state index in [1.807, 2.05) is 0 Å². The van der Waals surface area contributed by atoms with Crippen molar-refractivity contribution in [2.75, 3.05) is 0 Å². The second kappa shape index (κ2) is 8.79. The maximum absolute atomic E-state index is 10.5. The molecule has 0 fully saturated rings. The van der Waals surface area contributed by atoms with Gasteiger partial charge >= 0.3 is 5.97 Å². The van der Waals surface area contributed by atoms with Crippen molar-refractivity contribution in [3.05, 3.63) is 12.2 Å². The average molecular weight is 198 g/mol. The molecule has 0 rings (SSSR count). The zero-order valence-electron chi connectivity index (χ0n) is 9.33. The van der Waals surface area contributed by atoms with Crippen LogP contribution in [0.2, 0.25) is 0 Å². The number of carbonyl (C=O) groups is 1. The Balaban J connectivity index is 3.25. The first kappa shape index (κ1) is 13.2. The molecule has 0 spiro atoms. The number of carboxylic acid groups (broad SMARTS) is 1. The van der Waals surface area contributed by atoms with Crippen LogP contribution < -0.4 is 0 Å². The number of aliphatic carboxylic acids is 1. The van der Waals surface area contributed by atoms with Gasteiger partial charge in [0.15, 0.2) is 0 Å². The molecule has 0 saturated carbocycles. The van der Waals surface area contributed by atoms with Crippen molar-refractivity contribution in [2.24, 2.45) is 5.92 Å². The summed E-state index contributed by atoms with van der Waals surface area (Å²) in [6, 6.07) is 0. The minimum atomic E-state index is -0.675. The highest BCUT2D eigenvalue weighted by Gasteiger charge is 2.08. The van der Waals surface area contributed by atoms with Gasteiger partial charge in [-0.2, -0.15) is 0 Å². The lowest BCUT2D eigenvalue weighted by molar-refractivity contribution is -0.141. The highest BCUT2D eigenvalue weighted by atomic mass is 16.4. The molecule has 0 bridgehead atoms. The van der Waals surface area contributed by atoms with Crippen LogP contribution in [0.15, 0.2) is 12.2 Å². The summed E-state index contributed by atoms with van der Waals surface area (Å²) in [6.07, 6.45) is 10.8. The monoisotopic (exact) mass is 198 g/mol. The van der Waals surface area contributed by atoms with E-state index in [0.29, 0.717) is 0 Å². The van der Waals surface area contributed by atoms with Crippen molar-refractivity contribution in [3.8, 4) is 0 Å². The van der Waals surface area contributed by atoms with Gasteiger partial charge in [-0.1, -0.05) is 38.8 Å². The zero-order chi connectivity index (χ0) is 10.8. The number of unbranched alkanes of at least 4 members (excludes halogenated alkanes) is 3. The standard InChI is InChI=1S/C12H22O2/c1-3-4-5-6-7-8-9-10-11(2)12(13)14/h5-6,11H,3-4,7-10H2,1-2H3,(H,13,14). The molecular formula is C12H22O2. The van der Waals surface area contributed by atoms with Crippen molar-refractivity contribution >= 4 is 5.97 Å². The van der Waals surface area contributed by atoms with Crippen LogP contribution in [0.25, 0.3) is 0 Å². The van der Waals surface area contributed by atoms with E-state index < -0.39 is 5.97 Å². The molecule has 0 aromatic rings. The van der Waals surface area contributed by atoms with Crippen LogP contribution in [0.3, 0.4) is 0 Å². The minimum absolute atomic E-state index is 0.186. The van der Waals surface area contributed by atoms with Gasteiger partial charge in [0.05, 0.1) is 5.92 Å². The summed E-state index contributed by atoms with van der Waals surface area (Å²) in [4.78, 5) is 10.5. The molecule has 0 saturated heterocycles. The molecular weight excluding hydrogens is 176 g/mol. The molecule has 14 heavy (non-hydrogen) atoms. The summed E-state index contributed by atoms with van der Waals surface area (Å²) in [5, 5.41) is 8.64. The highest BCUT2D eigenvalue weighted by Crippen LogP contribution is 2.09. The molecule has 0 radical (unpaired) electrons. The first-order valence-electron chi connectivity index (χ1n) is 5.56. The van der Waals surface area contributed by atoms with Gasteiger partial charge in [0.25, 0.3) is 0 Å². The lowest BCUT2D eigenvalue weighted by atomic mass is 10.0. The van der Waals surface area contributed by atoms with E-state index in [2.05, 4.69) is 19.1 Å². The van der Waals surface area contributed by atoms with Gasteiger partial charge in [0.1, 0.15) is 0 Å². The fraction of sp³-hybridized carbons (Fsp3) is 0.750. The van der Waals surface area contributed by atoms with Gasteiger partial charge in [0.2, 0.25) is 0 Å². The van der Waals surface area contributed by atoms with Crippen LogP contribution in [-0.4, -0.2) is 11.1 Å². The van der Waals surface area contributed by atoms with Crippen molar-refractivity contribution in [2.45, 2.75) is 52.4 Å². The molecule has 0 aromatic heterocycles. The van der Waals surface area contributed by atoms with E-state index in [1.54, 1.807) is 6.92 Å². The predicted octanol–water partition coefficient (Wildman–Crippen LogP) is 3.62. The number of allylic oxidation sites excluding steroid dienone is 2. The summed E-state index contributed by atoms with van der Waals surface area (Å²) in [7, 11) is 0. The van der Waals surface area contributed by atoms with Crippen LogP contribution in [0, 0.1) is 5.92 Å². The van der Waals surface area contributed by atoms with E-state index >= 15 is 0 Å². The van der Waals surface area contributed by atoms with Crippen molar-refractivity contribution in [1.29, 1.82) is 0 Å². The SMILES string of the molecule is CCCC=CCCCCC(C)C(=O)O. The summed E-state index contributed by atoms with van der Waals surface area (Å²) in [6.45, 7) is 3.94. The Hall–Kier alpha value is -0.790. The van der Waals surface area contributed by atoms with Gasteiger partial charge in [-0.25, -0.2) is 0 Å². The first-order valence-corrected chi connectivity index (χ1v) is 5.56. The fourth-order valence-electron chi connectivity index (χ4n) is 1.24. The summed E-state index contributed by atoms with van der Waals surface area (Å²) in [5.41, 5.74) is 0. The van der Waals surface area contributed by atoms with Gasteiger partial charge < -0.3 is 5.11 Å². The first-order chi connectivity index (χ1) is 6.68. The van der Waals surface area contributed by atoms with E-state index in [1.165, 1.54) is 6.42 Å². The molecule has 0 aromatic carbocycles. The quantitative estimate of drug-likeness (QED) is 0.477. The second-order valence-electron chi connectivity index (χ2n) is 3.78. The van der Waals surface area contributed by atoms with Gasteiger partial charge in [-0.3, -0.25) is 4.79 Å². The Labute approximate surface area is 87.0 Å². The van der Waals surface area contributed by atoms with Crippen molar-refractivity contribution in [3.63, 3.8) is 0 Å². The normalized spacial score (nSPS) is 13.3. The van der Waals surface area contributed by atoms with Crippen LogP contribution in [0.4, 0.5) is 0 Å². The van der Waals surface area contributed by atoms with Crippen LogP contribution in [0.5, 0.6) is 0 Å². The fourth-order valence-corrected chi connectivity index (χ4v) is 1.24. The molecule has 82 valence electrons. The number of hydrogen-bond acceptors (Lipinski definition) is 1. The van der Waals surface area contributed by atoms with Gasteiger partial charge in [-0.05, 0) is 25.7 Å². The maximum Gasteiger partial charge on any atom is 0.306 e. The lowest BCUT2D eigenvalue weighted by Crippen LogP contribution is -2.08. The molecule has 2 heteroatoms. The maximum atomic E-state index is 10.5. The molecule has 1 N–H and O–H groups in total. The lowest BCUT2D eigenvalue weighted by Gasteiger charge is -2.03. The van der Waals surface area contributed by atoms with Crippen LogP contribution >= 0.6 is 0 Å². The third-order valence-corrected chi connectivity index (χ3v) is 2.30. The largest absolute Gasteiger partial charge is 0.481 e. The zero-order valence-corrected chi connectivity index (χ0v) is 9.33. The van der Waals surface area contributed by atoms with E-state index in [9.17, 15) is 4.79 Å². The molecule has 0 aliphatic carbocycles. The predicted molar refractivity (Wildman–Crippen MR) is 59.3 cm³/mol. The minimum Gasteiger partial charge on any atom is -0.481 e. The van der Waals surface area contributed by atoms with E-state index in [4.69, 9.17) is 5.11 Å². The Kier molecular flexibility index (Phi) is 8.30. The average Bonchev–Trinajstić information content (AvgIpc) is 2.16. The Morgan fingerprint density at radius 1 is 1.29 bits per heavy atom. The smallest absolute Gasteiger partial charge is 0.306 e. The molecule has 2 nitrogen and oxygen atoms in total. The topological polar surface area (TPSA) is 37.3 Å². The molecule has 1 unspecified atom stereocenters. The number of rotatable bonds is 8. The number of carboxylic acids is 1. The van der Waals surface area contributed by atoms with Crippen molar-refractivity contribution < 1.29 is 9.90 Å². The second-order valence-corrected chi connectivity index (χ2v) is 3.78. The van der Waals surface area contributed by atoms with Crippen molar-refractivity contribution in [1.82, 2.24) is 0 Å². The molecule has 1 atom stereocenters. The number of hydrogen-bond donors (Lipinski definition) is 1. The molecule has 0 aliphatic rings. The highest BCUT2D eigenvalue weighted by molar-refractivity contribution is 5.69. The van der Waals surface area contributed by atoms with Gasteiger partial charge in [-0.15, -0.1) is 0 Å². The van der Waals surface area contributed by atoms with Crippen LogP contribution in [0.1, 0.15) is 52.4 Å². The van der Waals surface area contributed by atoms with Gasteiger partial charge in [0, 0.05) is 0 Å². The van der Waals surface area contributed by atoms with Crippen LogP contribution in [-0.2, 0) is 4.79 Å². The third kappa shape index (κ3) is 7.84. The Bertz CT molecular complexity index is 173. The summed E-state index contributed by atoms with van der Waals surface area (Å²) < 4.78 is 0. The summed E-state index contributed by atoms with van der Waals surface area (Å²) >= 11 is 0. The third-order valence-electron chi connectivity index (χ3n) is 2.30. The van der Waals surface area contributed by atoms with E-state index in [-0.39, 0.29) is 5.92 Å². The molecule has 0 amide bonds. The molecule has 0 aliphatic heterocycles. The Morgan fingerprint density at radius 3 is 2.50 bits per heavy atom. The molecule has 0 heterocycles. The Morgan fingerprint density at radius 2 is 1.93 bits per heavy atom. The van der Waals surface area contributed by atoms with E-state index in [0.717, 1.165) is 32.1 Å².